The minimum absolute atomic E-state index is 1.19. The van der Waals surface area contributed by atoms with Crippen molar-refractivity contribution in [3.63, 3.8) is 0 Å². The molecule has 0 spiro atoms. The molecule has 0 N–H and O–H groups in total. The van der Waals surface area contributed by atoms with E-state index in [0.29, 0.717) is 0 Å². The third-order valence-electron chi connectivity index (χ3n) is 2.63. The van der Waals surface area contributed by atoms with Crippen LogP contribution in [0.4, 0.5) is 0 Å². The smallest absolute Gasteiger partial charge is 0.0351 e. The second-order valence-electron chi connectivity index (χ2n) is 4.14. The van der Waals surface area contributed by atoms with E-state index < -0.39 is 0 Å². The summed E-state index contributed by atoms with van der Waals surface area (Å²) in [7, 11) is 0. The summed E-state index contributed by atoms with van der Waals surface area (Å²) in [5, 5.41) is 0. The van der Waals surface area contributed by atoms with E-state index in [-0.39, 0.29) is 0 Å². The highest BCUT2D eigenvalue weighted by Gasteiger charge is 1.89. The third kappa shape index (κ3) is 11.7. The summed E-state index contributed by atoms with van der Waals surface area (Å²) in [5.74, 6) is 0. The molecule has 0 saturated carbocycles. The highest BCUT2D eigenvalue weighted by molar-refractivity contribution is 4.79. The van der Waals surface area contributed by atoms with Gasteiger partial charge in [-0.1, -0.05) is 70.9 Å². The Kier molecular flexibility index (Phi) is 12.5. The molecule has 0 heterocycles. The standard InChI is InChI=1S/C14H28/c1-3-5-7-9-11-13-14-12-10-8-6-4-2/h5,7H,3-4,6,8-14H2,1-2H3/b7-5-. The molecule has 84 valence electrons. The fraction of sp³-hybridized carbons (Fsp3) is 0.857. The Hall–Kier alpha value is -0.260. The van der Waals surface area contributed by atoms with Gasteiger partial charge in [-0.05, 0) is 19.3 Å². The number of hydrogen-bond acceptors (Lipinski definition) is 0. The molecule has 0 rings (SSSR count). The van der Waals surface area contributed by atoms with E-state index in [2.05, 4.69) is 26.0 Å². The van der Waals surface area contributed by atoms with Crippen molar-refractivity contribution in [3.05, 3.63) is 12.2 Å². The van der Waals surface area contributed by atoms with Gasteiger partial charge in [-0.3, -0.25) is 0 Å². The SMILES string of the molecule is CC/C=C\CCCCCCCCCC. The zero-order valence-electron chi connectivity index (χ0n) is 10.2. The molecule has 0 amide bonds. The van der Waals surface area contributed by atoms with Crippen LogP contribution in [0.5, 0.6) is 0 Å². The second-order valence-corrected chi connectivity index (χ2v) is 4.14. The van der Waals surface area contributed by atoms with Gasteiger partial charge in [-0.15, -0.1) is 0 Å². The van der Waals surface area contributed by atoms with Gasteiger partial charge in [0.05, 0.1) is 0 Å². The summed E-state index contributed by atoms with van der Waals surface area (Å²) < 4.78 is 0. The average Bonchev–Trinajstić information content (AvgIpc) is 2.21. The van der Waals surface area contributed by atoms with E-state index in [4.69, 9.17) is 0 Å². The molecule has 0 aliphatic rings. The van der Waals surface area contributed by atoms with E-state index >= 15 is 0 Å². The lowest BCUT2D eigenvalue weighted by molar-refractivity contribution is 0.577. The monoisotopic (exact) mass is 196 g/mol. The van der Waals surface area contributed by atoms with Crippen molar-refractivity contribution in [1.29, 1.82) is 0 Å². The Morgan fingerprint density at radius 3 is 1.79 bits per heavy atom. The van der Waals surface area contributed by atoms with Crippen LogP contribution in [-0.4, -0.2) is 0 Å². The first-order valence-corrected chi connectivity index (χ1v) is 6.56. The number of allylic oxidation sites excluding steroid dienone is 2. The highest BCUT2D eigenvalue weighted by atomic mass is 14.0. The van der Waals surface area contributed by atoms with Crippen LogP contribution in [0.2, 0.25) is 0 Å². The molecule has 0 aromatic rings. The summed E-state index contributed by atoms with van der Waals surface area (Å²) in [6, 6.07) is 0. The molecule has 0 heteroatoms. The normalized spacial score (nSPS) is 11.3. The lowest BCUT2D eigenvalue weighted by atomic mass is 10.1. The quantitative estimate of drug-likeness (QED) is 0.320. The van der Waals surface area contributed by atoms with Gasteiger partial charge in [0.2, 0.25) is 0 Å². The van der Waals surface area contributed by atoms with Crippen LogP contribution in [0.3, 0.4) is 0 Å². The maximum Gasteiger partial charge on any atom is -0.0351 e. The maximum atomic E-state index is 2.33. The highest BCUT2D eigenvalue weighted by Crippen LogP contribution is 2.09. The molecule has 0 fully saturated rings. The summed E-state index contributed by atoms with van der Waals surface area (Å²) in [5.41, 5.74) is 0. The molecule has 0 unspecified atom stereocenters. The van der Waals surface area contributed by atoms with Gasteiger partial charge in [-0.2, -0.15) is 0 Å². The average molecular weight is 196 g/mol. The lowest BCUT2D eigenvalue weighted by Gasteiger charge is -1.99. The van der Waals surface area contributed by atoms with Crippen molar-refractivity contribution in [1.82, 2.24) is 0 Å². The van der Waals surface area contributed by atoms with Gasteiger partial charge in [-0.25, -0.2) is 0 Å². The van der Waals surface area contributed by atoms with E-state index in [1.54, 1.807) is 0 Å². The summed E-state index contributed by atoms with van der Waals surface area (Å²) >= 11 is 0. The second kappa shape index (κ2) is 12.7. The first kappa shape index (κ1) is 13.7. The van der Waals surface area contributed by atoms with E-state index in [0.717, 1.165) is 0 Å². The van der Waals surface area contributed by atoms with Crippen LogP contribution in [0.1, 0.15) is 78.1 Å². The first-order chi connectivity index (χ1) is 6.91. The minimum Gasteiger partial charge on any atom is -0.0888 e. The Labute approximate surface area is 90.8 Å². The van der Waals surface area contributed by atoms with E-state index in [1.807, 2.05) is 0 Å². The zero-order chi connectivity index (χ0) is 10.5. The Balaban J connectivity index is 2.88. The summed E-state index contributed by atoms with van der Waals surface area (Å²) in [4.78, 5) is 0. The predicted octanol–water partition coefficient (Wildman–Crippen LogP) is 5.48. The van der Waals surface area contributed by atoms with Crippen molar-refractivity contribution in [3.8, 4) is 0 Å². The Bertz CT molecular complexity index is 113. The van der Waals surface area contributed by atoms with Gasteiger partial charge < -0.3 is 0 Å². The number of unbranched alkanes of at least 4 members (excludes halogenated alkanes) is 8. The molecule has 0 aliphatic heterocycles. The molecule has 0 saturated heterocycles. The summed E-state index contributed by atoms with van der Waals surface area (Å²) in [6.45, 7) is 4.48. The fourth-order valence-electron chi connectivity index (χ4n) is 1.68. The van der Waals surface area contributed by atoms with Gasteiger partial charge in [0.15, 0.2) is 0 Å². The Morgan fingerprint density at radius 2 is 1.21 bits per heavy atom. The maximum absolute atomic E-state index is 2.33. The lowest BCUT2D eigenvalue weighted by Crippen LogP contribution is -1.79. The van der Waals surface area contributed by atoms with Crippen LogP contribution in [0, 0.1) is 0 Å². The largest absolute Gasteiger partial charge is 0.0888 e. The molecule has 14 heavy (non-hydrogen) atoms. The van der Waals surface area contributed by atoms with Crippen molar-refractivity contribution in [2.75, 3.05) is 0 Å². The van der Waals surface area contributed by atoms with Crippen molar-refractivity contribution in [2.45, 2.75) is 78.1 Å². The summed E-state index contributed by atoms with van der Waals surface area (Å²) in [6.07, 6.45) is 18.5. The molecular weight excluding hydrogens is 168 g/mol. The van der Waals surface area contributed by atoms with Crippen LogP contribution in [0.25, 0.3) is 0 Å². The van der Waals surface area contributed by atoms with Crippen LogP contribution in [0.15, 0.2) is 12.2 Å². The third-order valence-corrected chi connectivity index (χ3v) is 2.63. The number of rotatable bonds is 10. The zero-order valence-corrected chi connectivity index (χ0v) is 10.2. The first-order valence-electron chi connectivity index (χ1n) is 6.56. The van der Waals surface area contributed by atoms with Gasteiger partial charge >= 0.3 is 0 Å². The molecule has 0 aliphatic carbocycles. The van der Waals surface area contributed by atoms with Gasteiger partial charge in [0, 0.05) is 0 Å². The van der Waals surface area contributed by atoms with E-state index in [9.17, 15) is 0 Å². The van der Waals surface area contributed by atoms with Gasteiger partial charge in [0.25, 0.3) is 0 Å². The van der Waals surface area contributed by atoms with Crippen molar-refractivity contribution >= 4 is 0 Å². The molecule has 0 bridgehead atoms. The van der Waals surface area contributed by atoms with Crippen LogP contribution in [-0.2, 0) is 0 Å². The topological polar surface area (TPSA) is 0 Å². The minimum atomic E-state index is 1.19. The number of hydrogen-bond donors (Lipinski definition) is 0. The predicted molar refractivity (Wildman–Crippen MR) is 66.7 cm³/mol. The molecule has 0 aromatic heterocycles. The van der Waals surface area contributed by atoms with Crippen molar-refractivity contribution < 1.29 is 0 Å². The van der Waals surface area contributed by atoms with Crippen molar-refractivity contribution in [2.24, 2.45) is 0 Å². The molecule has 0 aromatic carbocycles. The van der Waals surface area contributed by atoms with E-state index in [1.165, 1.54) is 64.2 Å². The fourth-order valence-corrected chi connectivity index (χ4v) is 1.68. The van der Waals surface area contributed by atoms with Crippen LogP contribution >= 0.6 is 0 Å². The molecule has 0 nitrogen and oxygen atoms in total. The Morgan fingerprint density at radius 1 is 0.643 bits per heavy atom. The van der Waals surface area contributed by atoms with Gasteiger partial charge in [0.1, 0.15) is 0 Å². The van der Waals surface area contributed by atoms with Crippen LogP contribution < -0.4 is 0 Å². The molecule has 0 radical (unpaired) electrons. The molecule has 0 atom stereocenters. The molecular formula is C14H28.